The van der Waals surface area contributed by atoms with Crippen LogP contribution in [0.5, 0.6) is 0 Å². The van der Waals surface area contributed by atoms with Crippen molar-refractivity contribution in [3.05, 3.63) is 21.3 Å². The lowest BCUT2D eigenvalue weighted by Gasteiger charge is -2.14. The average Bonchev–Trinajstić information content (AvgIpc) is 2.48. The van der Waals surface area contributed by atoms with E-state index in [1.54, 1.807) is 11.4 Å². The van der Waals surface area contributed by atoms with E-state index in [1.807, 2.05) is 0 Å². The van der Waals surface area contributed by atoms with Crippen LogP contribution < -0.4 is 5.73 Å². The first-order valence-corrected chi connectivity index (χ1v) is 4.71. The fraction of sp³-hybridized carbons (Fsp3) is 0.429. The molecule has 0 saturated heterocycles. The van der Waals surface area contributed by atoms with Crippen molar-refractivity contribution in [2.75, 3.05) is 6.54 Å². The van der Waals surface area contributed by atoms with Crippen molar-refractivity contribution >= 4 is 22.9 Å². The molecule has 0 spiro atoms. The number of rotatable bonds is 3. The minimum absolute atomic E-state index is 0.0212. The molecule has 12 heavy (non-hydrogen) atoms. The lowest BCUT2D eigenvalue weighted by atomic mass is 10.1. The summed E-state index contributed by atoms with van der Waals surface area (Å²) in [5.74, 6) is 0. The Morgan fingerprint density at radius 1 is 1.58 bits per heavy atom. The fourth-order valence-electron chi connectivity index (χ4n) is 0.852. The Labute approximate surface area is 79.4 Å². The van der Waals surface area contributed by atoms with E-state index >= 15 is 0 Å². The maximum absolute atomic E-state index is 9.45. The zero-order valence-corrected chi connectivity index (χ0v) is 7.85. The van der Waals surface area contributed by atoms with Gasteiger partial charge in [-0.1, -0.05) is 11.6 Å². The minimum atomic E-state index is -0.978. The number of hydrogen-bond donors (Lipinski definition) is 3. The number of aliphatic hydroxyl groups excluding tert-OH is 2. The van der Waals surface area contributed by atoms with Crippen LogP contribution >= 0.6 is 22.9 Å². The molecule has 1 heterocycles. The Hall–Kier alpha value is -0.130. The summed E-state index contributed by atoms with van der Waals surface area (Å²) in [5.41, 5.74) is 5.72. The molecule has 0 radical (unpaired) electrons. The van der Waals surface area contributed by atoms with Crippen LogP contribution in [0.3, 0.4) is 0 Å². The van der Waals surface area contributed by atoms with Crippen LogP contribution in [-0.4, -0.2) is 22.9 Å². The normalized spacial score (nSPS) is 16.0. The molecule has 3 nitrogen and oxygen atoms in total. The third-order valence-corrected chi connectivity index (χ3v) is 2.77. The molecule has 0 aromatic carbocycles. The average molecular weight is 208 g/mol. The Bertz CT molecular complexity index is 253. The van der Waals surface area contributed by atoms with E-state index in [-0.39, 0.29) is 6.54 Å². The maximum Gasteiger partial charge on any atom is 0.108 e. The molecular weight excluding hydrogens is 198 g/mol. The molecule has 0 aliphatic carbocycles. The molecule has 0 saturated carbocycles. The zero-order chi connectivity index (χ0) is 9.14. The van der Waals surface area contributed by atoms with E-state index in [0.29, 0.717) is 9.90 Å². The van der Waals surface area contributed by atoms with Crippen LogP contribution in [0.15, 0.2) is 11.4 Å². The van der Waals surface area contributed by atoms with Gasteiger partial charge in [0.05, 0.1) is 10.4 Å². The van der Waals surface area contributed by atoms with E-state index in [2.05, 4.69) is 0 Å². The molecule has 4 N–H and O–H groups in total. The fourth-order valence-corrected chi connectivity index (χ4v) is 1.84. The molecule has 1 aromatic heterocycles. The van der Waals surface area contributed by atoms with Crippen LogP contribution in [0.1, 0.15) is 11.7 Å². The predicted octanol–water partition coefficient (Wildman–Crippen LogP) is 0.755. The van der Waals surface area contributed by atoms with Crippen molar-refractivity contribution in [2.24, 2.45) is 5.73 Å². The first kappa shape index (κ1) is 9.95. The van der Waals surface area contributed by atoms with Crippen LogP contribution in [0.25, 0.3) is 0 Å². The standard InChI is InChI=1S/C7H10ClNO2S/c8-7-4(1-2-12-7)6(11)5(10)3-9/h1-2,5-6,10-11H,3,9H2. The lowest BCUT2D eigenvalue weighted by molar-refractivity contribution is 0.0246. The van der Waals surface area contributed by atoms with Crippen LogP contribution in [-0.2, 0) is 0 Å². The molecule has 0 aliphatic rings. The summed E-state index contributed by atoms with van der Waals surface area (Å²) in [7, 11) is 0. The largest absolute Gasteiger partial charge is 0.389 e. The van der Waals surface area contributed by atoms with Gasteiger partial charge in [0, 0.05) is 12.1 Å². The van der Waals surface area contributed by atoms with E-state index in [1.165, 1.54) is 11.3 Å². The zero-order valence-electron chi connectivity index (χ0n) is 6.27. The number of thiophene rings is 1. The summed E-state index contributed by atoms with van der Waals surface area (Å²) in [6.07, 6.45) is -1.93. The number of nitrogens with two attached hydrogens (primary N) is 1. The van der Waals surface area contributed by atoms with Gasteiger partial charge in [-0.15, -0.1) is 11.3 Å². The van der Waals surface area contributed by atoms with Gasteiger partial charge in [-0.3, -0.25) is 0 Å². The Kier molecular flexibility index (Phi) is 3.49. The van der Waals surface area contributed by atoms with Gasteiger partial charge in [-0.05, 0) is 11.4 Å². The predicted molar refractivity (Wildman–Crippen MR) is 49.4 cm³/mol. The van der Waals surface area contributed by atoms with Gasteiger partial charge < -0.3 is 15.9 Å². The second-order valence-electron chi connectivity index (χ2n) is 2.40. The third-order valence-electron chi connectivity index (χ3n) is 1.57. The first-order chi connectivity index (χ1) is 5.66. The van der Waals surface area contributed by atoms with Crippen LogP contribution in [0.4, 0.5) is 0 Å². The third kappa shape index (κ3) is 1.97. The van der Waals surface area contributed by atoms with Gasteiger partial charge in [0.15, 0.2) is 0 Å². The van der Waals surface area contributed by atoms with Crippen molar-refractivity contribution in [3.8, 4) is 0 Å². The van der Waals surface area contributed by atoms with E-state index in [9.17, 15) is 10.2 Å². The molecule has 0 amide bonds. The smallest absolute Gasteiger partial charge is 0.108 e. The Balaban J connectivity index is 2.77. The highest BCUT2D eigenvalue weighted by molar-refractivity contribution is 7.14. The molecule has 68 valence electrons. The maximum atomic E-state index is 9.45. The second-order valence-corrected chi connectivity index (χ2v) is 3.92. The molecule has 1 rings (SSSR count). The van der Waals surface area contributed by atoms with Crippen molar-refractivity contribution in [1.82, 2.24) is 0 Å². The van der Waals surface area contributed by atoms with E-state index in [0.717, 1.165) is 0 Å². The molecule has 2 unspecified atom stereocenters. The Morgan fingerprint density at radius 3 is 2.67 bits per heavy atom. The summed E-state index contributed by atoms with van der Waals surface area (Å²) in [6.45, 7) is 0.0212. The molecular formula is C7H10ClNO2S. The van der Waals surface area contributed by atoms with Gasteiger partial charge >= 0.3 is 0 Å². The van der Waals surface area contributed by atoms with Gasteiger partial charge in [0.1, 0.15) is 6.10 Å². The minimum Gasteiger partial charge on any atom is -0.389 e. The Morgan fingerprint density at radius 2 is 2.25 bits per heavy atom. The molecule has 0 aliphatic heterocycles. The molecule has 0 fully saturated rings. The summed E-state index contributed by atoms with van der Waals surface area (Å²) in [4.78, 5) is 0. The van der Waals surface area contributed by atoms with Crippen molar-refractivity contribution in [3.63, 3.8) is 0 Å². The van der Waals surface area contributed by atoms with E-state index < -0.39 is 12.2 Å². The number of halogens is 1. The van der Waals surface area contributed by atoms with Gasteiger partial charge in [-0.2, -0.15) is 0 Å². The quantitative estimate of drug-likeness (QED) is 0.686. The van der Waals surface area contributed by atoms with E-state index in [4.69, 9.17) is 17.3 Å². The monoisotopic (exact) mass is 207 g/mol. The molecule has 5 heteroatoms. The van der Waals surface area contributed by atoms with Crippen molar-refractivity contribution in [2.45, 2.75) is 12.2 Å². The van der Waals surface area contributed by atoms with Crippen molar-refractivity contribution in [1.29, 1.82) is 0 Å². The van der Waals surface area contributed by atoms with Crippen LogP contribution in [0, 0.1) is 0 Å². The summed E-state index contributed by atoms with van der Waals surface area (Å²) in [5, 5.41) is 20.4. The lowest BCUT2D eigenvalue weighted by Crippen LogP contribution is -2.26. The van der Waals surface area contributed by atoms with Crippen molar-refractivity contribution < 1.29 is 10.2 Å². The number of hydrogen-bond acceptors (Lipinski definition) is 4. The molecule has 0 bridgehead atoms. The number of aliphatic hydroxyl groups is 2. The topological polar surface area (TPSA) is 66.5 Å². The summed E-state index contributed by atoms with van der Waals surface area (Å²) < 4.78 is 0.495. The highest BCUT2D eigenvalue weighted by Crippen LogP contribution is 2.29. The van der Waals surface area contributed by atoms with Crippen LogP contribution in [0.2, 0.25) is 4.34 Å². The highest BCUT2D eigenvalue weighted by Gasteiger charge is 2.19. The summed E-state index contributed by atoms with van der Waals surface area (Å²) >= 11 is 7.06. The SMILES string of the molecule is NCC(O)C(O)c1ccsc1Cl. The molecule has 1 aromatic rings. The highest BCUT2D eigenvalue weighted by atomic mass is 35.5. The van der Waals surface area contributed by atoms with Gasteiger partial charge in [0.2, 0.25) is 0 Å². The first-order valence-electron chi connectivity index (χ1n) is 3.46. The van der Waals surface area contributed by atoms with Gasteiger partial charge in [0.25, 0.3) is 0 Å². The molecule has 2 atom stereocenters. The van der Waals surface area contributed by atoms with Gasteiger partial charge in [-0.25, -0.2) is 0 Å². The summed E-state index contributed by atoms with van der Waals surface area (Å²) in [6, 6.07) is 1.68. The second kappa shape index (κ2) is 4.20.